The zero-order valence-electron chi connectivity index (χ0n) is 11.0. The number of aromatic nitrogens is 6. The van der Waals surface area contributed by atoms with Crippen LogP contribution in [0.5, 0.6) is 0 Å². The Morgan fingerprint density at radius 3 is 2.67 bits per heavy atom. The van der Waals surface area contributed by atoms with E-state index in [0.29, 0.717) is 17.3 Å². The number of benzene rings is 1. The predicted octanol–water partition coefficient (Wildman–Crippen LogP) is 1.58. The van der Waals surface area contributed by atoms with Crippen LogP contribution in [0, 0.1) is 0 Å². The fourth-order valence-corrected chi connectivity index (χ4v) is 2.29. The molecule has 0 aliphatic carbocycles. The summed E-state index contributed by atoms with van der Waals surface area (Å²) in [6, 6.07) is 7.81. The van der Waals surface area contributed by atoms with E-state index in [2.05, 4.69) is 19.9 Å². The van der Waals surface area contributed by atoms with Crippen molar-refractivity contribution in [2.75, 3.05) is 5.73 Å². The third-order valence-electron chi connectivity index (χ3n) is 3.27. The van der Waals surface area contributed by atoms with E-state index in [9.17, 15) is 0 Å². The van der Waals surface area contributed by atoms with Crippen LogP contribution >= 0.6 is 0 Å². The summed E-state index contributed by atoms with van der Waals surface area (Å²) >= 11 is 0. The lowest BCUT2D eigenvalue weighted by Crippen LogP contribution is -2.08. The molecule has 0 amide bonds. The molecule has 0 saturated carbocycles. The maximum absolute atomic E-state index is 6.23. The zero-order valence-corrected chi connectivity index (χ0v) is 11.0. The Balaban J connectivity index is 1.95. The number of para-hydroxylation sites is 2. The minimum absolute atomic E-state index is 0.471. The molecule has 1 aromatic carbocycles. The molecule has 0 fully saturated rings. The largest absolute Gasteiger partial charge is 0.393 e. The lowest BCUT2D eigenvalue weighted by Gasteiger charge is -2.10. The van der Waals surface area contributed by atoms with E-state index in [1.807, 2.05) is 28.8 Å². The van der Waals surface area contributed by atoms with Gasteiger partial charge in [0.2, 0.25) is 0 Å². The number of anilines is 1. The van der Waals surface area contributed by atoms with Crippen LogP contribution < -0.4 is 5.73 Å². The average molecular weight is 277 g/mol. The number of imidazole rings is 2. The SMILES string of the molecule is Nc1c(-n2ccnc2)ncnc1-n1cnc2ccccc21. The highest BCUT2D eigenvalue weighted by Gasteiger charge is 2.13. The van der Waals surface area contributed by atoms with Crippen molar-refractivity contribution in [1.82, 2.24) is 29.1 Å². The van der Waals surface area contributed by atoms with Gasteiger partial charge in [-0.1, -0.05) is 12.1 Å². The number of nitrogens with zero attached hydrogens (tertiary/aromatic N) is 6. The van der Waals surface area contributed by atoms with Gasteiger partial charge in [-0.3, -0.25) is 9.13 Å². The van der Waals surface area contributed by atoms with Crippen molar-refractivity contribution < 1.29 is 0 Å². The summed E-state index contributed by atoms with van der Waals surface area (Å²) in [4.78, 5) is 16.9. The number of rotatable bonds is 2. The van der Waals surface area contributed by atoms with Gasteiger partial charge in [0.15, 0.2) is 11.6 Å². The van der Waals surface area contributed by atoms with Gasteiger partial charge in [-0.15, -0.1) is 0 Å². The molecule has 4 rings (SSSR count). The lowest BCUT2D eigenvalue weighted by atomic mass is 10.3. The van der Waals surface area contributed by atoms with E-state index in [1.54, 1.807) is 29.6 Å². The maximum Gasteiger partial charge on any atom is 0.167 e. The average Bonchev–Trinajstić information content (AvgIpc) is 3.17. The van der Waals surface area contributed by atoms with Gasteiger partial charge < -0.3 is 5.73 Å². The molecule has 0 aliphatic heterocycles. The molecule has 0 spiro atoms. The summed E-state index contributed by atoms with van der Waals surface area (Å²) in [5, 5.41) is 0. The third-order valence-corrected chi connectivity index (χ3v) is 3.27. The van der Waals surface area contributed by atoms with Crippen LogP contribution in [-0.4, -0.2) is 29.1 Å². The summed E-state index contributed by atoms with van der Waals surface area (Å²) in [6.45, 7) is 0. The van der Waals surface area contributed by atoms with Crippen molar-refractivity contribution >= 4 is 16.7 Å². The van der Waals surface area contributed by atoms with Crippen LogP contribution in [0.2, 0.25) is 0 Å². The molecule has 102 valence electrons. The Morgan fingerprint density at radius 1 is 0.952 bits per heavy atom. The fourth-order valence-electron chi connectivity index (χ4n) is 2.29. The minimum Gasteiger partial charge on any atom is -0.393 e. The summed E-state index contributed by atoms with van der Waals surface area (Å²) in [6.07, 6.45) is 8.30. The van der Waals surface area contributed by atoms with Crippen molar-refractivity contribution in [2.45, 2.75) is 0 Å². The first-order valence-corrected chi connectivity index (χ1v) is 6.36. The molecule has 7 nitrogen and oxygen atoms in total. The molecule has 2 N–H and O–H groups in total. The van der Waals surface area contributed by atoms with Gasteiger partial charge in [0, 0.05) is 12.4 Å². The fraction of sp³-hybridized carbons (Fsp3) is 0. The van der Waals surface area contributed by atoms with Crippen LogP contribution in [0.4, 0.5) is 5.69 Å². The molecule has 0 unspecified atom stereocenters. The second-order valence-corrected chi connectivity index (χ2v) is 4.51. The predicted molar refractivity (Wildman–Crippen MR) is 78.2 cm³/mol. The Hall–Kier alpha value is -3.22. The molecule has 3 heterocycles. The number of fused-ring (bicyclic) bond motifs is 1. The van der Waals surface area contributed by atoms with Gasteiger partial charge in [0.25, 0.3) is 0 Å². The van der Waals surface area contributed by atoms with Gasteiger partial charge in [0.05, 0.1) is 11.0 Å². The van der Waals surface area contributed by atoms with Gasteiger partial charge >= 0.3 is 0 Å². The molecule has 0 bridgehead atoms. The quantitative estimate of drug-likeness (QED) is 0.601. The van der Waals surface area contributed by atoms with E-state index < -0.39 is 0 Å². The standard InChI is InChI=1S/C14H11N7/c15-12-13(20-6-5-16-8-20)17-7-18-14(12)21-9-19-10-3-1-2-4-11(10)21/h1-9H,15H2. The van der Waals surface area contributed by atoms with Crippen molar-refractivity contribution in [1.29, 1.82) is 0 Å². The van der Waals surface area contributed by atoms with Gasteiger partial charge in [-0.2, -0.15) is 0 Å². The molecule has 0 atom stereocenters. The van der Waals surface area contributed by atoms with Crippen LogP contribution in [0.3, 0.4) is 0 Å². The lowest BCUT2D eigenvalue weighted by molar-refractivity contribution is 0.939. The summed E-state index contributed by atoms with van der Waals surface area (Å²) in [5.74, 6) is 1.19. The third kappa shape index (κ3) is 1.75. The van der Waals surface area contributed by atoms with E-state index in [-0.39, 0.29) is 0 Å². The van der Waals surface area contributed by atoms with Crippen molar-refractivity contribution in [2.24, 2.45) is 0 Å². The van der Waals surface area contributed by atoms with Crippen molar-refractivity contribution in [3.8, 4) is 11.6 Å². The molecule has 21 heavy (non-hydrogen) atoms. The molecular weight excluding hydrogens is 266 g/mol. The van der Waals surface area contributed by atoms with Gasteiger partial charge in [-0.05, 0) is 12.1 Å². The Bertz CT molecular complexity index is 908. The van der Waals surface area contributed by atoms with Gasteiger partial charge in [-0.25, -0.2) is 19.9 Å². The van der Waals surface area contributed by atoms with E-state index >= 15 is 0 Å². The number of nitrogens with two attached hydrogens (primary N) is 1. The van der Waals surface area contributed by atoms with Crippen molar-refractivity contribution in [3.63, 3.8) is 0 Å². The second-order valence-electron chi connectivity index (χ2n) is 4.51. The minimum atomic E-state index is 0.471. The summed E-state index contributed by atoms with van der Waals surface area (Å²) < 4.78 is 3.60. The normalized spacial score (nSPS) is 11.0. The number of hydrogen-bond acceptors (Lipinski definition) is 5. The summed E-state index contributed by atoms with van der Waals surface area (Å²) in [7, 11) is 0. The Kier molecular flexibility index (Phi) is 2.43. The molecule has 4 aromatic rings. The monoisotopic (exact) mass is 277 g/mol. The second kappa shape index (κ2) is 4.41. The highest BCUT2D eigenvalue weighted by atomic mass is 15.2. The highest BCUT2D eigenvalue weighted by Crippen LogP contribution is 2.24. The number of nitrogen functional groups attached to an aromatic ring is 1. The molecule has 0 saturated heterocycles. The highest BCUT2D eigenvalue weighted by molar-refractivity contribution is 5.79. The zero-order chi connectivity index (χ0) is 14.2. The smallest absolute Gasteiger partial charge is 0.167 e. The molecule has 7 heteroatoms. The molecular formula is C14H11N7. The maximum atomic E-state index is 6.23. The van der Waals surface area contributed by atoms with E-state index in [1.165, 1.54) is 6.33 Å². The van der Waals surface area contributed by atoms with Crippen LogP contribution in [0.25, 0.3) is 22.7 Å². The first kappa shape index (κ1) is 11.6. The van der Waals surface area contributed by atoms with Crippen molar-refractivity contribution in [3.05, 3.63) is 55.6 Å². The van der Waals surface area contributed by atoms with E-state index in [0.717, 1.165) is 11.0 Å². The molecule has 3 aromatic heterocycles. The van der Waals surface area contributed by atoms with Crippen LogP contribution in [0.15, 0.2) is 55.6 Å². The summed E-state index contributed by atoms with van der Waals surface area (Å²) in [5.41, 5.74) is 8.54. The topological polar surface area (TPSA) is 87.4 Å². The Morgan fingerprint density at radius 2 is 1.81 bits per heavy atom. The molecule has 0 aliphatic rings. The van der Waals surface area contributed by atoms with Crippen LogP contribution in [-0.2, 0) is 0 Å². The van der Waals surface area contributed by atoms with Gasteiger partial charge in [0.1, 0.15) is 24.7 Å². The van der Waals surface area contributed by atoms with E-state index in [4.69, 9.17) is 5.73 Å². The molecule has 0 radical (unpaired) electrons. The first-order valence-electron chi connectivity index (χ1n) is 6.36. The van der Waals surface area contributed by atoms with Crippen LogP contribution in [0.1, 0.15) is 0 Å². The number of hydrogen-bond donors (Lipinski definition) is 1. The first-order chi connectivity index (χ1) is 10.3. The Labute approximate surface area is 119 Å².